The Morgan fingerprint density at radius 2 is 2.37 bits per heavy atom. The van der Waals surface area contributed by atoms with Gasteiger partial charge >= 0.3 is 0 Å². The van der Waals surface area contributed by atoms with Crippen LogP contribution in [0.3, 0.4) is 0 Å². The average molecular weight is 267 g/mol. The van der Waals surface area contributed by atoms with E-state index in [0.29, 0.717) is 24.2 Å². The van der Waals surface area contributed by atoms with Crippen molar-refractivity contribution >= 4 is 17.0 Å². The molecule has 7 nitrogen and oxygen atoms in total. The van der Waals surface area contributed by atoms with E-state index in [2.05, 4.69) is 15.0 Å². The number of hydrogen-bond donors (Lipinski definition) is 1. The molecule has 0 spiro atoms. The maximum absolute atomic E-state index is 14.0. The van der Waals surface area contributed by atoms with Crippen LogP contribution >= 0.6 is 0 Å². The Labute approximate surface area is 108 Å². The molecule has 3 atom stereocenters. The van der Waals surface area contributed by atoms with Crippen LogP contribution < -0.4 is 5.73 Å². The largest absolute Gasteiger partial charge is 0.382 e. The molecule has 3 heterocycles. The van der Waals surface area contributed by atoms with E-state index >= 15 is 0 Å². The number of methoxy groups -OCH3 is 1. The summed E-state index contributed by atoms with van der Waals surface area (Å²) in [5.74, 6) is 0.269. The number of rotatable bonds is 3. The smallest absolute Gasteiger partial charge is 0.168 e. The lowest BCUT2D eigenvalue weighted by atomic mass is 10.2. The van der Waals surface area contributed by atoms with E-state index in [9.17, 15) is 4.39 Å². The van der Waals surface area contributed by atoms with Crippen molar-refractivity contribution in [3.8, 4) is 0 Å². The Hall–Kier alpha value is -1.80. The highest BCUT2D eigenvalue weighted by molar-refractivity contribution is 5.81. The minimum Gasteiger partial charge on any atom is -0.382 e. The quantitative estimate of drug-likeness (QED) is 0.879. The molecule has 8 heteroatoms. The Balaban J connectivity index is 1.94. The fraction of sp³-hybridized carbons (Fsp3) is 0.545. The van der Waals surface area contributed by atoms with Crippen molar-refractivity contribution in [2.24, 2.45) is 0 Å². The highest BCUT2D eigenvalue weighted by Gasteiger charge is 2.37. The molecule has 1 aliphatic heterocycles. The molecule has 2 aromatic rings. The SMILES string of the molecule is COC[C@@H]1C[C@H](F)C(n2cnc3c(N)ncnc32)O1. The summed E-state index contributed by atoms with van der Waals surface area (Å²) in [7, 11) is 1.56. The van der Waals surface area contributed by atoms with Crippen molar-refractivity contribution in [1.29, 1.82) is 0 Å². The fourth-order valence-corrected chi connectivity index (χ4v) is 2.29. The van der Waals surface area contributed by atoms with Gasteiger partial charge in [-0.3, -0.25) is 4.57 Å². The molecule has 2 aromatic heterocycles. The summed E-state index contributed by atoms with van der Waals surface area (Å²) in [5, 5.41) is 0. The molecule has 19 heavy (non-hydrogen) atoms. The molecule has 2 N–H and O–H groups in total. The summed E-state index contributed by atoms with van der Waals surface area (Å²) >= 11 is 0. The second-order valence-electron chi connectivity index (χ2n) is 4.44. The van der Waals surface area contributed by atoms with E-state index < -0.39 is 12.4 Å². The van der Waals surface area contributed by atoms with Gasteiger partial charge in [0, 0.05) is 13.5 Å². The lowest BCUT2D eigenvalue weighted by molar-refractivity contribution is -0.0423. The zero-order chi connectivity index (χ0) is 13.4. The van der Waals surface area contributed by atoms with Gasteiger partial charge in [-0.1, -0.05) is 0 Å². The number of nitrogen functional groups attached to an aromatic ring is 1. The van der Waals surface area contributed by atoms with E-state index in [1.165, 1.54) is 12.7 Å². The molecule has 1 fully saturated rings. The van der Waals surface area contributed by atoms with Crippen LogP contribution in [0, 0.1) is 0 Å². The fourth-order valence-electron chi connectivity index (χ4n) is 2.29. The van der Waals surface area contributed by atoms with E-state index in [0.717, 1.165) is 0 Å². The number of halogens is 1. The Bertz CT molecular complexity index is 589. The lowest BCUT2D eigenvalue weighted by Gasteiger charge is -2.15. The minimum absolute atomic E-state index is 0.262. The molecule has 0 aliphatic carbocycles. The molecule has 0 aromatic carbocycles. The molecular weight excluding hydrogens is 253 g/mol. The van der Waals surface area contributed by atoms with Gasteiger partial charge in [-0.05, 0) is 0 Å². The number of anilines is 1. The predicted molar refractivity (Wildman–Crippen MR) is 65.0 cm³/mol. The van der Waals surface area contributed by atoms with Gasteiger partial charge in [0.2, 0.25) is 0 Å². The molecule has 1 unspecified atom stereocenters. The van der Waals surface area contributed by atoms with Gasteiger partial charge in [0.1, 0.15) is 18.0 Å². The van der Waals surface area contributed by atoms with Crippen molar-refractivity contribution in [3.63, 3.8) is 0 Å². The number of imidazole rings is 1. The normalized spacial score (nSPS) is 27.2. The second kappa shape index (κ2) is 4.71. The molecule has 0 saturated carbocycles. The second-order valence-corrected chi connectivity index (χ2v) is 4.44. The maximum atomic E-state index is 14.0. The molecule has 3 rings (SSSR count). The van der Waals surface area contributed by atoms with Crippen LogP contribution in [-0.4, -0.2) is 45.5 Å². The molecular formula is C11H14FN5O2. The summed E-state index contributed by atoms with van der Waals surface area (Å²) in [6.45, 7) is 0.362. The van der Waals surface area contributed by atoms with Gasteiger partial charge in [0.05, 0.1) is 19.0 Å². The van der Waals surface area contributed by atoms with Crippen molar-refractivity contribution < 1.29 is 13.9 Å². The third-order valence-corrected chi connectivity index (χ3v) is 3.14. The minimum atomic E-state index is -1.13. The maximum Gasteiger partial charge on any atom is 0.168 e. The van der Waals surface area contributed by atoms with Crippen LogP contribution in [0.15, 0.2) is 12.7 Å². The van der Waals surface area contributed by atoms with Gasteiger partial charge < -0.3 is 15.2 Å². The number of alkyl halides is 1. The topological polar surface area (TPSA) is 88.1 Å². The Kier molecular flexibility index (Phi) is 3.03. The van der Waals surface area contributed by atoms with Gasteiger partial charge in [0.25, 0.3) is 0 Å². The van der Waals surface area contributed by atoms with E-state index in [1.807, 2.05) is 0 Å². The summed E-state index contributed by atoms with van der Waals surface area (Å²) in [5.41, 5.74) is 6.62. The first-order chi connectivity index (χ1) is 9.20. The van der Waals surface area contributed by atoms with Crippen molar-refractivity contribution in [3.05, 3.63) is 12.7 Å². The number of fused-ring (bicyclic) bond motifs is 1. The van der Waals surface area contributed by atoms with Crippen LogP contribution in [0.1, 0.15) is 12.6 Å². The third kappa shape index (κ3) is 2.02. The number of hydrogen-bond acceptors (Lipinski definition) is 6. The molecule has 102 valence electrons. The first-order valence-electron chi connectivity index (χ1n) is 5.92. The summed E-state index contributed by atoms with van der Waals surface area (Å²) in [6.07, 6.45) is 0.945. The molecule has 0 amide bonds. The number of nitrogens with two attached hydrogens (primary N) is 1. The monoisotopic (exact) mass is 267 g/mol. The highest BCUT2D eigenvalue weighted by Crippen LogP contribution is 2.33. The molecule has 0 bridgehead atoms. The van der Waals surface area contributed by atoms with E-state index in [4.69, 9.17) is 15.2 Å². The van der Waals surface area contributed by atoms with Crippen molar-refractivity contribution in [2.75, 3.05) is 19.5 Å². The first-order valence-corrected chi connectivity index (χ1v) is 5.92. The molecule has 0 radical (unpaired) electrons. The third-order valence-electron chi connectivity index (χ3n) is 3.14. The molecule has 1 saturated heterocycles. The van der Waals surface area contributed by atoms with Crippen LogP contribution in [0.4, 0.5) is 10.2 Å². The van der Waals surface area contributed by atoms with Crippen LogP contribution in [0.25, 0.3) is 11.2 Å². The summed E-state index contributed by atoms with van der Waals surface area (Å²) in [4.78, 5) is 12.0. The number of nitrogens with zero attached hydrogens (tertiary/aromatic N) is 4. The summed E-state index contributed by atoms with van der Waals surface area (Å²) in [6, 6.07) is 0. The highest BCUT2D eigenvalue weighted by atomic mass is 19.1. The lowest BCUT2D eigenvalue weighted by Crippen LogP contribution is -2.17. The first kappa shape index (κ1) is 12.2. The van der Waals surface area contributed by atoms with Gasteiger partial charge in [-0.25, -0.2) is 19.3 Å². The van der Waals surface area contributed by atoms with Crippen LogP contribution in [0.2, 0.25) is 0 Å². The van der Waals surface area contributed by atoms with Crippen molar-refractivity contribution in [1.82, 2.24) is 19.5 Å². The average Bonchev–Trinajstić information content (AvgIpc) is 2.94. The van der Waals surface area contributed by atoms with Crippen LogP contribution in [-0.2, 0) is 9.47 Å². The van der Waals surface area contributed by atoms with E-state index in [-0.39, 0.29) is 11.9 Å². The standard InChI is InChI=1S/C11H14FN5O2/c1-18-3-6-2-7(12)11(19-6)17-5-16-8-9(13)14-4-15-10(8)17/h4-7,11H,2-3H2,1H3,(H2,13,14,15)/t6-,7-,11?/m0/s1. The van der Waals surface area contributed by atoms with Crippen molar-refractivity contribution in [2.45, 2.75) is 24.9 Å². The van der Waals surface area contributed by atoms with Gasteiger partial charge in [0.15, 0.2) is 17.7 Å². The van der Waals surface area contributed by atoms with Gasteiger partial charge in [-0.15, -0.1) is 0 Å². The zero-order valence-corrected chi connectivity index (χ0v) is 10.4. The summed E-state index contributed by atoms with van der Waals surface area (Å²) < 4.78 is 26.2. The van der Waals surface area contributed by atoms with E-state index in [1.54, 1.807) is 11.7 Å². The predicted octanol–water partition coefficient (Wildman–Crippen LogP) is 0.680. The molecule has 1 aliphatic rings. The zero-order valence-electron chi connectivity index (χ0n) is 10.4. The number of aromatic nitrogens is 4. The number of ether oxygens (including phenoxy) is 2. The Morgan fingerprint density at radius 1 is 1.53 bits per heavy atom. The Morgan fingerprint density at radius 3 is 3.16 bits per heavy atom. The van der Waals surface area contributed by atoms with Gasteiger partial charge in [-0.2, -0.15) is 0 Å². The van der Waals surface area contributed by atoms with Crippen LogP contribution in [0.5, 0.6) is 0 Å².